The molecule has 190 valence electrons. The van der Waals surface area contributed by atoms with Gasteiger partial charge in [0.25, 0.3) is 5.56 Å². The summed E-state index contributed by atoms with van der Waals surface area (Å²) in [6, 6.07) is 17.2. The Balaban J connectivity index is 1.47. The molecule has 1 aliphatic rings. The van der Waals surface area contributed by atoms with Crippen molar-refractivity contribution in [1.29, 1.82) is 0 Å². The molecule has 1 fully saturated rings. The van der Waals surface area contributed by atoms with Crippen molar-refractivity contribution in [3.63, 3.8) is 0 Å². The highest BCUT2D eigenvalue weighted by molar-refractivity contribution is 5.94. The molecule has 4 N–H and O–H groups in total. The van der Waals surface area contributed by atoms with Gasteiger partial charge in [0.05, 0.1) is 13.1 Å². The average molecular weight is 491 g/mol. The number of aromatic amines is 1. The first-order valence-corrected chi connectivity index (χ1v) is 12.5. The SMILES string of the molecule is CCN(CC(=O)Nc1ccc(N2CCCCCC2)cc1)c1c(N)n(Cc2ccccc2)c(=O)[nH]c1=O. The van der Waals surface area contributed by atoms with Crippen molar-refractivity contribution in [1.82, 2.24) is 9.55 Å². The van der Waals surface area contributed by atoms with E-state index in [-0.39, 0.29) is 30.5 Å². The zero-order valence-corrected chi connectivity index (χ0v) is 20.7. The normalized spacial score (nSPS) is 13.8. The fourth-order valence-corrected chi connectivity index (χ4v) is 4.61. The zero-order valence-electron chi connectivity index (χ0n) is 20.7. The maximum atomic E-state index is 12.9. The monoisotopic (exact) mass is 490 g/mol. The predicted molar refractivity (Wildman–Crippen MR) is 145 cm³/mol. The third kappa shape index (κ3) is 5.97. The highest BCUT2D eigenvalue weighted by atomic mass is 16.2. The van der Waals surface area contributed by atoms with Gasteiger partial charge in [-0.25, -0.2) is 4.79 Å². The summed E-state index contributed by atoms with van der Waals surface area (Å²) in [6.45, 7) is 4.43. The first kappa shape index (κ1) is 25.1. The molecule has 0 aliphatic carbocycles. The number of nitrogens with one attached hydrogen (secondary N) is 2. The van der Waals surface area contributed by atoms with Gasteiger partial charge in [-0.05, 0) is 49.6 Å². The molecule has 0 bridgehead atoms. The van der Waals surface area contributed by atoms with E-state index < -0.39 is 11.2 Å². The van der Waals surface area contributed by atoms with Gasteiger partial charge in [0.2, 0.25) is 5.91 Å². The number of H-pyrrole nitrogens is 1. The summed E-state index contributed by atoms with van der Waals surface area (Å²) in [5.41, 5.74) is 7.92. The molecule has 0 atom stereocenters. The Morgan fingerprint density at radius 3 is 2.31 bits per heavy atom. The number of carbonyl (C=O) groups excluding carboxylic acids is 1. The lowest BCUT2D eigenvalue weighted by Crippen LogP contribution is -2.41. The lowest BCUT2D eigenvalue weighted by Gasteiger charge is -2.24. The number of hydrogen-bond acceptors (Lipinski definition) is 6. The van der Waals surface area contributed by atoms with Crippen LogP contribution in [-0.2, 0) is 11.3 Å². The molecular weight excluding hydrogens is 456 g/mol. The number of likely N-dealkylation sites (N-methyl/N-ethyl adjacent to an activating group) is 1. The van der Waals surface area contributed by atoms with Crippen molar-refractivity contribution >= 4 is 28.8 Å². The lowest BCUT2D eigenvalue weighted by molar-refractivity contribution is -0.115. The van der Waals surface area contributed by atoms with Crippen LogP contribution in [0.15, 0.2) is 64.2 Å². The topological polar surface area (TPSA) is 116 Å². The molecule has 4 rings (SSSR count). The summed E-state index contributed by atoms with van der Waals surface area (Å²) in [6.07, 6.45) is 4.95. The van der Waals surface area contributed by atoms with E-state index in [1.165, 1.54) is 30.3 Å². The van der Waals surface area contributed by atoms with Crippen LogP contribution in [0.3, 0.4) is 0 Å². The van der Waals surface area contributed by atoms with Crippen molar-refractivity contribution in [2.45, 2.75) is 39.2 Å². The molecule has 1 aromatic heterocycles. The van der Waals surface area contributed by atoms with Gasteiger partial charge < -0.3 is 20.9 Å². The number of nitrogen functional groups attached to an aromatic ring is 1. The first-order valence-electron chi connectivity index (χ1n) is 12.5. The van der Waals surface area contributed by atoms with E-state index in [4.69, 9.17) is 5.73 Å². The van der Waals surface area contributed by atoms with E-state index in [0.29, 0.717) is 12.2 Å². The summed E-state index contributed by atoms with van der Waals surface area (Å²) in [7, 11) is 0. The fourth-order valence-electron chi connectivity index (χ4n) is 4.61. The first-order chi connectivity index (χ1) is 17.5. The molecule has 0 radical (unpaired) electrons. The molecule has 1 amide bonds. The minimum Gasteiger partial charge on any atom is -0.383 e. The number of rotatable bonds is 8. The summed E-state index contributed by atoms with van der Waals surface area (Å²) in [5, 5.41) is 2.90. The van der Waals surface area contributed by atoms with Crippen molar-refractivity contribution in [3.8, 4) is 0 Å². The van der Waals surface area contributed by atoms with Crippen LogP contribution in [0.5, 0.6) is 0 Å². The number of nitrogens with zero attached hydrogens (tertiary/aromatic N) is 3. The van der Waals surface area contributed by atoms with Gasteiger partial charge in [-0.3, -0.25) is 19.1 Å². The Labute approximate surface area is 210 Å². The molecule has 1 aliphatic heterocycles. The molecule has 1 saturated heterocycles. The molecule has 36 heavy (non-hydrogen) atoms. The van der Waals surface area contributed by atoms with E-state index in [1.54, 1.807) is 4.90 Å². The van der Waals surface area contributed by atoms with Crippen molar-refractivity contribution < 1.29 is 4.79 Å². The second-order valence-corrected chi connectivity index (χ2v) is 9.08. The fraction of sp³-hybridized carbons (Fsp3) is 0.370. The van der Waals surface area contributed by atoms with E-state index >= 15 is 0 Å². The number of aromatic nitrogens is 2. The average Bonchev–Trinajstić information content (AvgIpc) is 3.16. The number of nitrogens with two attached hydrogens (primary N) is 1. The van der Waals surface area contributed by atoms with Crippen LogP contribution in [0.4, 0.5) is 22.9 Å². The third-order valence-corrected chi connectivity index (χ3v) is 6.55. The van der Waals surface area contributed by atoms with Gasteiger partial charge in [-0.15, -0.1) is 0 Å². The van der Waals surface area contributed by atoms with Crippen molar-refractivity contribution in [3.05, 3.63) is 81.0 Å². The zero-order chi connectivity index (χ0) is 25.5. The summed E-state index contributed by atoms with van der Waals surface area (Å²) in [4.78, 5) is 44.3. The summed E-state index contributed by atoms with van der Waals surface area (Å²) in [5.74, 6) is -0.247. The second-order valence-electron chi connectivity index (χ2n) is 9.08. The van der Waals surface area contributed by atoms with Gasteiger partial charge in [0.1, 0.15) is 11.5 Å². The number of carbonyl (C=O) groups is 1. The highest BCUT2D eigenvalue weighted by Gasteiger charge is 2.20. The van der Waals surface area contributed by atoms with Crippen molar-refractivity contribution in [2.75, 3.05) is 47.0 Å². The van der Waals surface area contributed by atoms with E-state index in [1.807, 2.05) is 61.5 Å². The van der Waals surface area contributed by atoms with E-state index in [0.717, 1.165) is 24.3 Å². The molecule has 0 spiro atoms. The van der Waals surface area contributed by atoms with Gasteiger partial charge >= 0.3 is 5.69 Å². The minimum absolute atomic E-state index is 0.0315. The predicted octanol–water partition coefficient (Wildman–Crippen LogP) is 3.01. The Morgan fingerprint density at radius 2 is 1.67 bits per heavy atom. The third-order valence-electron chi connectivity index (χ3n) is 6.55. The molecule has 0 unspecified atom stereocenters. The van der Waals surface area contributed by atoms with Crippen LogP contribution < -0.4 is 32.1 Å². The van der Waals surface area contributed by atoms with Gasteiger partial charge in [-0.1, -0.05) is 43.2 Å². The number of hydrogen-bond donors (Lipinski definition) is 3. The van der Waals surface area contributed by atoms with E-state index in [9.17, 15) is 14.4 Å². The Bertz CT molecular complexity index is 1280. The maximum Gasteiger partial charge on any atom is 0.330 e. The standard InChI is InChI=1S/C27H34N6O3/c1-2-31(24-25(28)33(27(36)30-26(24)35)18-20-10-6-5-7-11-20)19-23(34)29-21-12-14-22(15-13-21)32-16-8-3-4-9-17-32/h5-7,10-15H,2-4,8-9,16-19,28H2,1H3,(H,29,34)(H,30,35,36). The van der Waals surface area contributed by atoms with E-state index in [2.05, 4.69) is 15.2 Å². The number of amides is 1. The van der Waals surface area contributed by atoms with Crippen molar-refractivity contribution in [2.24, 2.45) is 0 Å². The Morgan fingerprint density at radius 1 is 1.00 bits per heavy atom. The molecular formula is C27H34N6O3. The number of benzene rings is 2. The quantitative estimate of drug-likeness (QED) is 0.447. The molecule has 9 nitrogen and oxygen atoms in total. The van der Waals surface area contributed by atoms with Crippen LogP contribution in [0, 0.1) is 0 Å². The second kappa shape index (κ2) is 11.6. The smallest absolute Gasteiger partial charge is 0.330 e. The molecule has 9 heteroatoms. The van der Waals surface area contributed by atoms with Gasteiger partial charge in [-0.2, -0.15) is 0 Å². The lowest BCUT2D eigenvalue weighted by atomic mass is 10.2. The molecule has 2 heterocycles. The Hall–Kier alpha value is -4.01. The minimum atomic E-state index is -0.613. The molecule has 2 aromatic carbocycles. The molecule has 0 saturated carbocycles. The van der Waals surface area contributed by atoms with Gasteiger partial charge in [0, 0.05) is 31.0 Å². The number of anilines is 4. The van der Waals surface area contributed by atoms with Gasteiger partial charge in [0.15, 0.2) is 0 Å². The van der Waals surface area contributed by atoms with Crippen LogP contribution in [0.25, 0.3) is 0 Å². The summed E-state index contributed by atoms with van der Waals surface area (Å²) < 4.78 is 1.31. The maximum absolute atomic E-state index is 12.9. The highest BCUT2D eigenvalue weighted by Crippen LogP contribution is 2.22. The van der Waals surface area contributed by atoms with Crippen LogP contribution in [0.1, 0.15) is 38.2 Å². The summed E-state index contributed by atoms with van der Waals surface area (Å²) >= 11 is 0. The largest absolute Gasteiger partial charge is 0.383 e. The Kier molecular flexibility index (Phi) is 8.10. The van der Waals surface area contributed by atoms with Crippen LogP contribution in [-0.4, -0.2) is 41.6 Å². The van der Waals surface area contributed by atoms with Crippen LogP contribution in [0.2, 0.25) is 0 Å². The van der Waals surface area contributed by atoms with Crippen LogP contribution >= 0.6 is 0 Å². The molecule has 3 aromatic rings.